The number of ketones is 1. The van der Waals surface area contributed by atoms with Crippen LogP contribution in [0.2, 0.25) is 0 Å². The summed E-state index contributed by atoms with van der Waals surface area (Å²) < 4.78 is 4.66. The highest BCUT2D eigenvalue weighted by atomic mass is 35.5. The van der Waals surface area contributed by atoms with Gasteiger partial charge in [-0.3, -0.25) is 4.79 Å². The van der Waals surface area contributed by atoms with Crippen LogP contribution in [0.25, 0.3) is 0 Å². The maximum Gasteiger partial charge on any atom is 0.407 e. The fraction of sp³-hybridized carbons (Fsp3) is 0.778. The summed E-state index contributed by atoms with van der Waals surface area (Å²) in [7, 11) is 0. The third kappa shape index (κ3) is 5.23. The minimum Gasteiger partial charge on any atom is -0.450 e. The van der Waals surface area contributed by atoms with Gasteiger partial charge in [0.25, 0.3) is 0 Å². The molecule has 0 radical (unpaired) electrons. The van der Waals surface area contributed by atoms with Gasteiger partial charge in [-0.2, -0.15) is 0 Å². The molecule has 0 aliphatic heterocycles. The van der Waals surface area contributed by atoms with Crippen molar-refractivity contribution in [2.45, 2.75) is 31.6 Å². The number of carbonyl (C=O) groups excluding carboxylic acids is 2. The topological polar surface area (TPSA) is 55.4 Å². The molecule has 0 heterocycles. The summed E-state index contributed by atoms with van der Waals surface area (Å²) in [5, 5.41) is 2.42. The summed E-state index contributed by atoms with van der Waals surface area (Å²) in [5.41, 5.74) is 0. The molecule has 0 spiro atoms. The van der Waals surface area contributed by atoms with Gasteiger partial charge in [0.05, 0.1) is 12.6 Å². The number of amides is 1. The Labute approximate surface area is 99.3 Å². The maximum absolute atomic E-state index is 11.5. The molecule has 0 bridgehead atoms. The number of ether oxygens (including phenoxy) is 1. The summed E-state index contributed by atoms with van der Waals surface area (Å²) >= 11 is 10.9. The molecule has 0 aromatic heterocycles. The second-order valence-corrected chi connectivity index (χ2v) is 4.39. The molecule has 0 unspecified atom stereocenters. The van der Waals surface area contributed by atoms with E-state index in [-0.39, 0.29) is 12.5 Å². The van der Waals surface area contributed by atoms with E-state index < -0.39 is 22.8 Å². The van der Waals surface area contributed by atoms with E-state index in [1.165, 1.54) is 0 Å². The Balaban J connectivity index is 4.41. The number of hydrogen-bond donors (Lipinski definition) is 1. The second-order valence-electron chi connectivity index (χ2n) is 3.29. The first-order valence-corrected chi connectivity index (χ1v) is 5.52. The fourth-order valence-electron chi connectivity index (χ4n) is 1.00. The summed E-state index contributed by atoms with van der Waals surface area (Å²) in [6.07, 6.45) is -0.640. The summed E-state index contributed by atoms with van der Waals surface area (Å²) in [4.78, 5) is 21.5. The van der Waals surface area contributed by atoms with Crippen molar-refractivity contribution >= 4 is 35.1 Å². The van der Waals surface area contributed by atoms with Crippen molar-refractivity contribution in [2.24, 2.45) is 5.92 Å². The molecule has 4 nitrogen and oxygen atoms in total. The van der Waals surface area contributed by atoms with Gasteiger partial charge < -0.3 is 10.1 Å². The van der Waals surface area contributed by atoms with Gasteiger partial charge >= 0.3 is 6.09 Å². The molecule has 0 saturated carbocycles. The predicted octanol–water partition coefficient (Wildman–Crippen LogP) is 2.13. The lowest BCUT2D eigenvalue weighted by Gasteiger charge is -2.20. The SMILES string of the molecule is CCOC(=O)N[C@H](C(=O)C(Cl)Cl)C(C)C. The predicted molar refractivity (Wildman–Crippen MR) is 59.3 cm³/mol. The van der Waals surface area contributed by atoms with Crippen molar-refractivity contribution in [3.8, 4) is 0 Å². The number of Topliss-reactive ketones (excluding diaryl/α,β-unsaturated/α-hetero) is 1. The summed E-state index contributed by atoms with van der Waals surface area (Å²) in [6, 6.07) is -0.718. The molecule has 1 amide bonds. The van der Waals surface area contributed by atoms with Crippen molar-refractivity contribution in [1.29, 1.82) is 0 Å². The highest BCUT2D eigenvalue weighted by molar-refractivity contribution is 6.54. The number of alkyl carbamates (subject to hydrolysis) is 1. The number of rotatable bonds is 5. The van der Waals surface area contributed by atoms with E-state index in [4.69, 9.17) is 23.2 Å². The van der Waals surface area contributed by atoms with Crippen LogP contribution < -0.4 is 5.32 Å². The van der Waals surface area contributed by atoms with Gasteiger partial charge in [-0.1, -0.05) is 37.0 Å². The average molecular weight is 256 g/mol. The second kappa shape index (κ2) is 6.90. The first-order chi connectivity index (χ1) is 6.90. The van der Waals surface area contributed by atoms with E-state index in [1.807, 2.05) is 0 Å². The monoisotopic (exact) mass is 255 g/mol. The number of halogens is 2. The Kier molecular flexibility index (Phi) is 6.68. The zero-order chi connectivity index (χ0) is 12.0. The lowest BCUT2D eigenvalue weighted by molar-refractivity contribution is -0.120. The van der Waals surface area contributed by atoms with Crippen molar-refractivity contribution < 1.29 is 14.3 Å². The van der Waals surface area contributed by atoms with Gasteiger partial charge in [0.2, 0.25) is 0 Å². The van der Waals surface area contributed by atoms with E-state index in [1.54, 1.807) is 20.8 Å². The molecule has 1 N–H and O–H groups in total. The lowest BCUT2D eigenvalue weighted by atomic mass is 10.0. The average Bonchev–Trinajstić information content (AvgIpc) is 2.13. The third-order valence-electron chi connectivity index (χ3n) is 1.74. The summed E-state index contributed by atoms with van der Waals surface area (Å²) in [6.45, 7) is 5.49. The van der Waals surface area contributed by atoms with E-state index in [9.17, 15) is 9.59 Å². The Hall–Kier alpha value is -0.480. The van der Waals surface area contributed by atoms with Crippen molar-refractivity contribution in [1.82, 2.24) is 5.32 Å². The molecular formula is C9H15Cl2NO3. The van der Waals surface area contributed by atoms with E-state index in [0.29, 0.717) is 0 Å². The Morgan fingerprint density at radius 3 is 2.20 bits per heavy atom. The molecule has 0 aromatic rings. The maximum atomic E-state index is 11.5. The molecule has 0 aromatic carbocycles. The zero-order valence-corrected chi connectivity index (χ0v) is 10.4. The Morgan fingerprint density at radius 1 is 1.33 bits per heavy atom. The molecule has 15 heavy (non-hydrogen) atoms. The van der Waals surface area contributed by atoms with Crippen LogP contribution in [0.1, 0.15) is 20.8 Å². The standard InChI is InChI=1S/C9H15Cl2NO3/c1-4-15-9(14)12-6(5(2)3)7(13)8(10)11/h5-6,8H,4H2,1-3H3,(H,12,14)/t6-/m0/s1. The molecule has 1 atom stereocenters. The van der Waals surface area contributed by atoms with Crippen LogP contribution in [0.15, 0.2) is 0 Å². The minimum atomic E-state index is -1.14. The van der Waals surface area contributed by atoms with Crippen molar-refractivity contribution in [2.75, 3.05) is 6.61 Å². The van der Waals surface area contributed by atoms with Gasteiger partial charge in [-0.15, -0.1) is 0 Å². The largest absolute Gasteiger partial charge is 0.450 e. The molecule has 0 aliphatic rings. The van der Waals surface area contributed by atoms with E-state index in [2.05, 4.69) is 10.1 Å². The number of nitrogens with one attached hydrogen (secondary N) is 1. The third-order valence-corrected chi connectivity index (χ3v) is 2.17. The van der Waals surface area contributed by atoms with Crippen molar-refractivity contribution in [3.63, 3.8) is 0 Å². The normalized spacial score (nSPS) is 12.7. The van der Waals surface area contributed by atoms with Crippen LogP contribution in [0.4, 0.5) is 4.79 Å². The van der Waals surface area contributed by atoms with E-state index >= 15 is 0 Å². The quantitative estimate of drug-likeness (QED) is 0.766. The molecular weight excluding hydrogens is 241 g/mol. The van der Waals surface area contributed by atoms with Crippen LogP contribution in [-0.2, 0) is 9.53 Å². The first-order valence-electron chi connectivity index (χ1n) is 4.65. The Bertz CT molecular complexity index is 231. The highest BCUT2D eigenvalue weighted by Crippen LogP contribution is 2.12. The first kappa shape index (κ1) is 14.5. The number of alkyl halides is 2. The lowest BCUT2D eigenvalue weighted by Crippen LogP contribution is -2.46. The van der Waals surface area contributed by atoms with Gasteiger partial charge in [-0.25, -0.2) is 4.79 Å². The van der Waals surface area contributed by atoms with Crippen LogP contribution in [0.3, 0.4) is 0 Å². The van der Waals surface area contributed by atoms with Gasteiger partial charge in [0.15, 0.2) is 10.6 Å². The fourth-order valence-corrected chi connectivity index (χ4v) is 1.27. The minimum absolute atomic E-state index is 0.0955. The molecule has 0 fully saturated rings. The summed E-state index contributed by atoms with van der Waals surface area (Å²) in [5.74, 6) is -0.525. The van der Waals surface area contributed by atoms with Crippen LogP contribution >= 0.6 is 23.2 Å². The van der Waals surface area contributed by atoms with Gasteiger partial charge in [0.1, 0.15) is 0 Å². The van der Waals surface area contributed by atoms with Crippen LogP contribution in [-0.4, -0.2) is 29.4 Å². The number of hydrogen-bond acceptors (Lipinski definition) is 3. The molecule has 6 heteroatoms. The van der Waals surface area contributed by atoms with Gasteiger partial charge in [0, 0.05) is 0 Å². The smallest absolute Gasteiger partial charge is 0.407 e. The molecule has 0 aliphatic carbocycles. The molecule has 0 rings (SSSR count). The van der Waals surface area contributed by atoms with Gasteiger partial charge in [-0.05, 0) is 12.8 Å². The Morgan fingerprint density at radius 2 is 1.87 bits per heavy atom. The number of carbonyl (C=O) groups is 2. The highest BCUT2D eigenvalue weighted by Gasteiger charge is 2.28. The van der Waals surface area contributed by atoms with Crippen LogP contribution in [0.5, 0.6) is 0 Å². The molecule has 0 saturated heterocycles. The van der Waals surface area contributed by atoms with E-state index in [0.717, 1.165) is 0 Å². The van der Waals surface area contributed by atoms with Crippen molar-refractivity contribution in [3.05, 3.63) is 0 Å². The zero-order valence-electron chi connectivity index (χ0n) is 8.92. The molecule has 88 valence electrons. The van der Waals surface area contributed by atoms with Crippen LogP contribution in [0, 0.1) is 5.92 Å².